The van der Waals surface area contributed by atoms with Crippen molar-refractivity contribution in [3.05, 3.63) is 50.1 Å². The maximum atomic E-state index is 11.5. The molecule has 6 heteroatoms. The Bertz CT molecular complexity index is 704. The van der Waals surface area contributed by atoms with Crippen LogP contribution in [0.4, 0.5) is 0 Å². The van der Waals surface area contributed by atoms with E-state index in [0.717, 1.165) is 20.5 Å². The third-order valence-corrected chi connectivity index (χ3v) is 5.50. The van der Waals surface area contributed by atoms with E-state index in [2.05, 4.69) is 15.9 Å². The van der Waals surface area contributed by atoms with Crippen LogP contribution in [0.15, 0.2) is 39.0 Å². The van der Waals surface area contributed by atoms with Gasteiger partial charge in [-0.15, -0.1) is 11.3 Å². The summed E-state index contributed by atoms with van der Waals surface area (Å²) >= 11 is 4.92. The van der Waals surface area contributed by atoms with Crippen molar-refractivity contribution in [2.75, 3.05) is 6.26 Å². The van der Waals surface area contributed by atoms with Gasteiger partial charge in [-0.1, -0.05) is 12.1 Å². The van der Waals surface area contributed by atoms with E-state index in [-0.39, 0.29) is 4.90 Å². The number of thiophene rings is 1. The third kappa shape index (κ3) is 3.25. The highest BCUT2D eigenvalue weighted by molar-refractivity contribution is 9.11. The first-order valence-electron chi connectivity index (χ1n) is 5.53. The Morgan fingerprint density at radius 1 is 1.32 bits per heavy atom. The van der Waals surface area contributed by atoms with Crippen molar-refractivity contribution in [2.24, 2.45) is 0 Å². The Kier molecular flexibility index (Phi) is 4.15. The minimum absolute atomic E-state index is 0.219. The Morgan fingerprint density at radius 2 is 2.00 bits per heavy atom. The topological polar surface area (TPSA) is 54.4 Å². The van der Waals surface area contributed by atoms with Crippen LogP contribution in [0.3, 0.4) is 0 Å². The van der Waals surface area contributed by atoms with E-state index in [0.29, 0.717) is 5.56 Å². The largest absolute Gasteiger partial charge is 0.384 e. The van der Waals surface area contributed by atoms with Gasteiger partial charge in [0.1, 0.15) is 6.10 Å². The van der Waals surface area contributed by atoms with Gasteiger partial charge in [0, 0.05) is 11.1 Å². The lowest BCUT2D eigenvalue weighted by Gasteiger charge is -2.12. The van der Waals surface area contributed by atoms with E-state index in [4.69, 9.17) is 0 Å². The summed E-state index contributed by atoms with van der Waals surface area (Å²) in [5.41, 5.74) is 1.37. The highest BCUT2D eigenvalue weighted by Gasteiger charge is 2.17. The second-order valence-corrected chi connectivity index (χ2v) is 8.96. The van der Waals surface area contributed by atoms with E-state index >= 15 is 0 Å². The summed E-state index contributed by atoms with van der Waals surface area (Å²) in [5.74, 6) is 0. The van der Waals surface area contributed by atoms with Gasteiger partial charge < -0.3 is 5.11 Å². The maximum absolute atomic E-state index is 11.5. The second kappa shape index (κ2) is 5.36. The number of sulfone groups is 1. The van der Waals surface area contributed by atoms with Crippen LogP contribution in [0.25, 0.3) is 0 Å². The zero-order valence-electron chi connectivity index (χ0n) is 10.4. The summed E-state index contributed by atoms with van der Waals surface area (Å²) in [4.78, 5) is 1.22. The predicted molar refractivity (Wildman–Crippen MR) is 80.4 cm³/mol. The maximum Gasteiger partial charge on any atom is 0.175 e. The van der Waals surface area contributed by atoms with E-state index in [1.54, 1.807) is 23.5 Å². The number of aliphatic hydroxyl groups is 1. The molecule has 1 heterocycles. The van der Waals surface area contributed by atoms with Crippen molar-refractivity contribution in [3.8, 4) is 0 Å². The number of benzene rings is 1. The van der Waals surface area contributed by atoms with Crippen LogP contribution in [-0.4, -0.2) is 19.8 Å². The van der Waals surface area contributed by atoms with Gasteiger partial charge in [0.05, 0.1) is 8.68 Å². The molecule has 19 heavy (non-hydrogen) atoms. The zero-order valence-corrected chi connectivity index (χ0v) is 13.6. The Hall–Kier alpha value is -0.690. The fraction of sp³-hybridized carbons (Fsp3) is 0.231. The normalized spacial score (nSPS) is 13.5. The molecule has 0 radical (unpaired) electrons. The molecule has 102 valence electrons. The molecule has 1 atom stereocenters. The summed E-state index contributed by atoms with van der Waals surface area (Å²) in [7, 11) is -3.26. The second-order valence-electron chi connectivity index (χ2n) is 4.31. The van der Waals surface area contributed by atoms with Crippen LogP contribution < -0.4 is 0 Å². The van der Waals surface area contributed by atoms with Gasteiger partial charge in [-0.25, -0.2) is 8.42 Å². The molecule has 2 aromatic rings. The minimum Gasteiger partial charge on any atom is -0.384 e. The molecule has 0 saturated carbocycles. The van der Waals surface area contributed by atoms with E-state index in [1.165, 1.54) is 12.1 Å². The van der Waals surface area contributed by atoms with Gasteiger partial charge in [-0.05, 0) is 52.2 Å². The molecule has 1 aromatic heterocycles. The number of halogens is 1. The van der Waals surface area contributed by atoms with Crippen LogP contribution in [0, 0.1) is 6.92 Å². The molecule has 0 spiro atoms. The number of aryl methyl sites for hydroxylation is 1. The molecule has 0 aliphatic carbocycles. The molecular weight excluding hydrogens is 348 g/mol. The highest BCUT2D eigenvalue weighted by atomic mass is 79.9. The Labute approximate surface area is 125 Å². The third-order valence-electron chi connectivity index (χ3n) is 2.82. The van der Waals surface area contributed by atoms with Gasteiger partial charge in [0.2, 0.25) is 0 Å². The molecular formula is C13H13BrO3S2. The number of aliphatic hydroxyl groups excluding tert-OH is 1. The van der Waals surface area contributed by atoms with E-state index in [9.17, 15) is 13.5 Å². The van der Waals surface area contributed by atoms with Gasteiger partial charge in [0.15, 0.2) is 9.84 Å². The summed E-state index contributed by atoms with van der Waals surface area (Å²) in [5, 5.41) is 10.4. The first kappa shape index (κ1) is 14.7. The molecule has 0 saturated heterocycles. The molecule has 1 aromatic carbocycles. The lowest BCUT2D eigenvalue weighted by molar-refractivity contribution is 0.220. The van der Waals surface area contributed by atoms with E-state index < -0.39 is 15.9 Å². The molecule has 0 amide bonds. The van der Waals surface area contributed by atoms with Crippen molar-refractivity contribution in [1.29, 1.82) is 0 Å². The highest BCUT2D eigenvalue weighted by Crippen LogP contribution is 2.34. The summed E-state index contributed by atoms with van der Waals surface area (Å²) in [6, 6.07) is 8.28. The van der Waals surface area contributed by atoms with Crippen LogP contribution in [0.5, 0.6) is 0 Å². The first-order chi connectivity index (χ1) is 8.79. The molecule has 3 nitrogen and oxygen atoms in total. The van der Waals surface area contributed by atoms with Crippen molar-refractivity contribution >= 4 is 37.1 Å². The quantitative estimate of drug-likeness (QED) is 0.913. The minimum atomic E-state index is -3.26. The van der Waals surface area contributed by atoms with Gasteiger partial charge >= 0.3 is 0 Å². The lowest BCUT2D eigenvalue weighted by atomic mass is 10.0. The molecule has 2 rings (SSSR count). The standard InChI is InChI=1S/C13H13BrO3S2/c1-8-11(7-12(14)18-8)13(15)9-4-3-5-10(6-9)19(2,16)17/h3-7,13,15H,1-2H3. The summed E-state index contributed by atoms with van der Waals surface area (Å²) in [6.45, 7) is 1.92. The molecule has 1 unspecified atom stereocenters. The van der Waals surface area contributed by atoms with Crippen molar-refractivity contribution < 1.29 is 13.5 Å². The monoisotopic (exact) mass is 360 g/mol. The number of rotatable bonds is 3. The van der Waals surface area contributed by atoms with Crippen molar-refractivity contribution in [1.82, 2.24) is 0 Å². The van der Waals surface area contributed by atoms with Crippen LogP contribution in [0.2, 0.25) is 0 Å². The molecule has 0 fully saturated rings. The summed E-state index contributed by atoms with van der Waals surface area (Å²) in [6.07, 6.45) is 0.342. The van der Waals surface area contributed by atoms with Gasteiger partial charge in [-0.2, -0.15) is 0 Å². The molecule has 0 aliphatic rings. The van der Waals surface area contributed by atoms with Crippen LogP contribution >= 0.6 is 27.3 Å². The average Bonchev–Trinajstić information content (AvgIpc) is 2.66. The number of hydrogen-bond acceptors (Lipinski definition) is 4. The zero-order chi connectivity index (χ0) is 14.2. The smallest absolute Gasteiger partial charge is 0.175 e. The average molecular weight is 361 g/mol. The lowest BCUT2D eigenvalue weighted by Crippen LogP contribution is -2.03. The fourth-order valence-corrected chi connectivity index (χ4v) is 4.24. The first-order valence-corrected chi connectivity index (χ1v) is 9.03. The van der Waals surface area contributed by atoms with Crippen LogP contribution in [-0.2, 0) is 9.84 Å². The van der Waals surface area contributed by atoms with E-state index in [1.807, 2.05) is 13.0 Å². The SMILES string of the molecule is Cc1sc(Br)cc1C(O)c1cccc(S(C)(=O)=O)c1. The van der Waals surface area contributed by atoms with Gasteiger partial charge in [0.25, 0.3) is 0 Å². The fourth-order valence-electron chi connectivity index (χ4n) is 1.82. The Morgan fingerprint density at radius 3 is 2.53 bits per heavy atom. The molecule has 0 bridgehead atoms. The van der Waals surface area contributed by atoms with Crippen LogP contribution in [0.1, 0.15) is 22.1 Å². The number of hydrogen-bond donors (Lipinski definition) is 1. The predicted octanol–water partition coefficient (Wildman–Crippen LogP) is 3.30. The van der Waals surface area contributed by atoms with Crippen molar-refractivity contribution in [3.63, 3.8) is 0 Å². The van der Waals surface area contributed by atoms with Gasteiger partial charge in [-0.3, -0.25) is 0 Å². The Balaban J connectivity index is 2.45. The molecule has 0 aliphatic heterocycles. The molecule has 1 N–H and O–H groups in total. The van der Waals surface area contributed by atoms with Crippen molar-refractivity contribution in [2.45, 2.75) is 17.9 Å². The summed E-state index contributed by atoms with van der Waals surface area (Å²) < 4.78 is 24.0.